The molecule has 0 aromatic heterocycles. The van der Waals surface area contributed by atoms with Gasteiger partial charge in [-0.2, -0.15) is 5.10 Å². The molecule has 0 amide bonds. The largest absolute Gasteiger partial charge is 0.376 e. The molecule has 0 fully saturated rings. The van der Waals surface area contributed by atoms with Crippen LogP contribution in [0.25, 0.3) is 0 Å². The summed E-state index contributed by atoms with van der Waals surface area (Å²) in [7, 11) is 0. The zero-order chi connectivity index (χ0) is 10.6. The van der Waals surface area contributed by atoms with E-state index in [2.05, 4.69) is 5.10 Å². The molecule has 14 heavy (non-hydrogen) atoms. The minimum absolute atomic E-state index is 0.213. The van der Waals surface area contributed by atoms with Crippen LogP contribution in [-0.4, -0.2) is 11.5 Å². The number of hydrogen-bond acceptors (Lipinski definition) is 3. The normalized spacial score (nSPS) is 10.4. The van der Waals surface area contributed by atoms with Crippen LogP contribution < -0.4 is 16.5 Å². The first-order chi connectivity index (χ1) is 6.65. The van der Waals surface area contributed by atoms with E-state index in [0.29, 0.717) is 0 Å². The van der Waals surface area contributed by atoms with Gasteiger partial charge in [-0.05, 0) is 36.8 Å². The molecule has 0 atom stereocenters. The van der Waals surface area contributed by atoms with Crippen LogP contribution in [-0.2, 0) is 0 Å². The minimum Gasteiger partial charge on any atom is -0.376 e. The van der Waals surface area contributed by atoms with Crippen molar-refractivity contribution < 1.29 is 0 Å². The van der Waals surface area contributed by atoms with Crippen LogP contribution in [0.5, 0.6) is 0 Å². The Bertz CT molecular complexity index is 362. The molecule has 0 saturated carbocycles. The zero-order valence-electron chi connectivity index (χ0n) is 7.84. The van der Waals surface area contributed by atoms with Crippen molar-refractivity contribution in [2.75, 3.05) is 4.90 Å². The number of nitrogens with zero attached hydrogens (tertiary/aromatic N) is 2. The van der Waals surface area contributed by atoms with E-state index >= 15 is 0 Å². The number of anilines is 1. The first-order valence-electron chi connectivity index (χ1n) is 4.04. The van der Waals surface area contributed by atoms with Crippen LogP contribution in [0.3, 0.4) is 0 Å². The molecule has 0 bridgehead atoms. The maximum atomic E-state index is 5.52. The second-order valence-corrected chi connectivity index (χ2v) is 3.23. The molecule has 0 aliphatic rings. The van der Waals surface area contributed by atoms with E-state index < -0.39 is 0 Å². The molecule has 1 aromatic carbocycles. The van der Waals surface area contributed by atoms with Crippen molar-refractivity contribution in [3.8, 4) is 0 Å². The van der Waals surface area contributed by atoms with E-state index in [1.165, 1.54) is 6.34 Å². The van der Waals surface area contributed by atoms with Gasteiger partial charge >= 0.3 is 0 Å². The topological polar surface area (TPSA) is 67.6 Å². The number of hydrazone groups is 1. The molecule has 0 unspecified atom stereocenters. The molecule has 0 aliphatic carbocycles. The number of aryl methyl sites for hydroxylation is 1. The van der Waals surface area contributed by atoms with Gasteiger partial charge in [-0.1, -0.05) is 12.1 Å². The fourth-order valence-electron chi connectivity index (χ4n) is 1.10. The summed E-state index contributed by atoms with van der Waals surface area (Å²) in [5.74, 6) is 5.06. The molecule has 5 heteroatoms. The van der Waals surface area contributed by atoms with E-state index in [-0.39, 0.29) is 5.11 Å². The van der Waals surface area contributed by atoms with E-state index in [9.17, 15) is 0 Å². The number of thiocarbonyl (C=S) groups is 1. The third-order valence-corrected chi connectivity index (χ3v) is 1.90. The van der Waals surface area contributed by atoms with Gasteiger partial charge in [-0.15, -0.1) is 0 Å². The third-order valence-electron chi connectivity index (χ3n) is 1.70. The molecule has 4 nitrogen and oxygen atoms in total. The molecule has 0 radical (unpaired) electrons. The molecule has 4 N–H and O–H groups in total. The highest BCUT2D eigenvalue weighted by molar-refractivity contribution is 7.80. The summed E-state index contributed by atoms with van der Waals surface area (Å²) < 4.78 is 0. The smallest absolute Gasteiger partial charge is 0.176 e. The summed E-state index contributed by atoms with van der Waals surface area (Å²) in [5, 5.41) is 3.61. The van der Waals surface area contributed by atoms with Crippen LogP contribution in [0.1, 0.15) is 5.56 Å². The van der Waals surface area contributed by atoms with E-state index in [1.807, 2.05) is 31.2 Å². The molecule has 0 spiro atoms. The van der Waals surface area contributed by atoms with Gasteiger partial charge in [-0.25, -0.2) is 0 Å². The Morgan fingerprint density at radius 2 is 2.29 bits per heavy atom. The minimum atomic E-state index is 0.213. The van der Waals surface area contributed by atoms with Crippen molar-refractivity contribution in [2.45, 2.75) is 6.92 Å². The zero-order valence-corrected chi connectivity index (χ0v) is 8.66. The SMILES string of the molecule is Cc1cccc(N(C=NN)C(N)=S)c1. The fraction of sp³-hybridized carbons (Fsp3) is 0.111. The van der Waals surface area contributed by atoms with Crippen molar-refractivity contribution in [3.63, 3.8) is 0 Å². The number of hydrogen-bond donors (Lipinski definition) is 2. The Kier molecular flexibility index (Phi) is 3.41. The van der Waals surface area contributed by atoms with Crippen LogP contribution >= 0.6 is 12.2 Å². The monoisotopic (exact) mass is 208 g/mol. The lowest BCUT2D eigenvalue weighted by Gasteiger charge is -2.16. The predicted octanol–water partition coefficient (Wildman–Crippen LogP) is 0.947. The Balaban J connectivity index is 3.05. The van der Waals surface area contributed by atoms with Crippen LogP contribution in [0, 0.1) is 6.92 Å². The Labute approximate surface area is 88.2 Å². The van der Waals surface area contributed by atoms with Gasteiger partial charge in [0, 0.05) is 5.69 Å². The molecule has 0 heterocycles. The molecular formula is C9H12N4S. The van der Waals surface area contributed by atoms with Gasteiger partial charge < -0.3 is 11.6 Å². The molecule has 74 valence electrons. The first kappa shape index (κ1) is 10.5. The summed E-state index contributed by atoms with van der Waals surface area (Å²) >= 11 is 4.86. The fourth-order valence-corrected chi connectivity index (χ4v) is 1.25. The van der Waals surface area contributed by atoms with Gasteiger partial charge in [0.15, 0.2) is 5.11 Å². The average molecular weight is 208 g/mol. The maximum absolute atomic E-state index is 5.52. The standard InChI is InChI=1S/C9H12N4S/c1-7-3-2-4-8(5-7)13(6-12-11)9(10)14/h2-6H,11H2,1H3,(H2,10,14). The maximum Gasteiger partial charge on any atom is 0.176 e. The van der Waals surface area contributed by atoms with Gasteiger partial charge in [0.25, 0.3) is 0 Å². The van der Waals surface area contributed by atoms with Crippen molar-refractivity contribution in [2.24, 2.45) is 16.7 Å². The van der Waals surface area contributed by atoms with Crippen molar-refractivity contribution >= 4 is 29.4 Å². The van der Waals surface area contributed by atoms with Crippen molar-refractivity contribution in [1.29, 1.82) is 0 Å². The van der Waals surface area contributed by atoms with Crippen molar-refractivity contribution in [3.05, 3.63) is 29.8 Å². The molecule has 1 aromatic rings. The third kappa shape index (κ3) is 2.43. The van der Waals surface area contributed by atoms with E-state index in [0.717, 1.165) is 11.3 Å². The Morgan fingerprint density at radius 3 is 2.79 bits per heavy atom. The van der Waals surface area contributed by atoms with E-state index in [1.54, 1.807) is 4.90 Å². The lowest BCUT2D eigenvalue weighted by molar-refractivity contribution is 1.24. The number of benzene rings is 1. The van der Waals surface area contributed by atoms with E-state index in [4.69, 9.17) is 23.8 Å². The van der Waals surface area contributed by atoms with Crippen LogP contribution in [0.15, 0.2) is 29.4 Å². The quantitative estimate of drug-likeness (QED) is 0.250. The van der Waals surface area contributed by atoms with Gasteiger partial charge in [0.1, 0.15) is 6.34 Å². The van der Waals surface area contributed by atoms with Gasteiger partial charge in [-0.3, -0.25) is 4.90 Å². The molecule has 0 aliphatic heterocycles. The second-order valence-electron chi connectivity index (χ2n) is 2.81. The number of rotatable bonds is 2. The Hall–Kier alpha value is -1.62. The van der Waals surface area contributed by atoms with Crippen LogP contribution in [0.2, 0.25) is 0 Å². The number of nitrogens with two attached hydrogens (primary N) is 2. The molecule has 0 saturated heterocycles. The lowest BCUT2D eigenvalue weighted by atomic mass is 10.2. The van der Waals surface area contributed by atoms with Gasteiger partial charge in [0.2, 0.25) is 0 Å². The summed E-state index contributed by atoms with van der Waals surface area (Å²) in [4.78, 5) is 1.54. The highest BCUT2D eigenvalue weighted by Crippen LogP contribution is 2.14. The van der Waals surface area contributed by atoms with Crippen molar-refractivity contribution in [1.82, 2.24) is 0 Å². The van der Waals surface area contributed by atoms with Crippen LogP contribution in [0.4, 0.5) is 5.69 Å². The predicted molar refractivity (Wildman–Crippen MR) is 63.1 cm³/mol. The highest BCUT2D eigenvalue weighted by Gasteiger charge is 2.05. The lowest BCUT2D eigenvalue weighted by Crippen LogP contribution is -2.34. The highest BCUT2D eigenvalue weighted by atomic mass is 32.1. The van der Waals surface area contributed by atoms with Gasteiger partial charge in [0.05, 0.1) is 0 Å². The molecule has 1 rings (SSSR count). The summed E-state index contributed by atoms with van der Waals surface area (Å²) in [6, 6.07) is 7.73. The summed E-state index contributed by atoms with van der Waals surface area (Å²) in [6.07, 6.45) is 1.39. The summed E-state index contributed by atoms with van der Waals surface area (Å²) in [5.41, 5.74) is 7.49. The average Bonchev–Trinajstić information content (AvgIpc) is 2.13. The first-order valence-corrected chi connectivity index (χ1v) is 4.44. The Morgan fingerprint density at radius 1 is 1.57 bits per heavy atom. The second kappa shape index (κ2) is 4.57. The molecular weight excluding hydrogens is 196 g/mol. The summed E-state index contributed by atoms with van der Waals surface area (Å²) in [6.45, 7) is 1.99.